The van der Waals surface area contributed by atoms with Crippen LogP contribution in [0.5, 0.6) is 0 Å². The summed E-state index contributed by atoms with van der Waals surface area (Å²) in [5.74, 6) is 0.205. The Morgan fingerprint density at radius 3 is 2.42 bits per heavy atom. The van der Waals surface area contributed by atoms with Gasteiger partial charge in [0.2, 0.25) is 0 Å². The fourth-order valence-corrected chi connectivity index (χ4v) is 3.29. The average molecular weight is 355 g/mol. The van der Waals surface area contributed by atoms with Crippen LogP contribution in [-0.2, 0) is 0 Å². The number of carbonyl (C=O) groups excluding carboxylic acids is 1. The second kappa shape index (κ2) is 7.83. The van der Waals surface area contributed by atoms with Crippen LogP contribution in [0.3, 0.4) is 0 Å². The summed E-state index contributed by atoms with van der Waals surface area (Å²) in [6.45, 7) is 7.53. The van der Waals surface area contributed by atoms with E-state index in [1.54, 1.807) is 24.1 Å². The molecule has 24 heavy (non-hydrogen) atoms. The Labute approximate surface area is 148 Å². The molecule has 0 radical (unpaired) electrons. The van der Waals surface area contributed by atoms with Crippen molar-refractivity contribution in [2.45, 2.75) is 39.0 Å². The lowest BCUT2D eigenvalue weighted by Gasteiger charge is -2.34. The fourth-order valence-electron chi connectivity index (χ4n) is 3.17. The number of β-amino-alcohol motifs (C(OH)–C–C–N with tert-alkyl or cyclic N) is 2. The molecule has 0 bridgehead atoms. The number of likely N-dealkylation sites (tertiary alicyclic amines) is 1. The quantitative estimate of drug-likeness (QED) is 0.846. The molecule has 1 aromatic rings. The summed E-state index contributed by atoms with van der Waals surface area (Å²) in [4.78, 5) is 16.6. The first-order valence-electron chi connectivity index (χ1n) is 8.32. The van der Waals surface area contributed by atoms with E-state index in [1.165, 1.54) is 0 Å². The van der Waals surface area contributed by atoms with Gasteiger partial charge in [0, 0.05) is 43.3 Å². The van der Waals surface area contributed by atoms with E-state index >= 15 is 0 Å². The Bertz CT molecular complexity index is 584. The highest BCUT2D eigenvalue weighted by Gasteiger charge is 2.33. The first-order valence-corrected chi connectivity index (χ1v) is 8.70. The molecule has 6 heteroatoms. The number of hydrogen-bond donors (Lipinski definition) is 2. The third-order valence-electron chi connectivity index (χ3n) is 4.77. The molecule has 1 aliphatic heterocycles. The summed E-state index contributed by atoms with van der Waals surface area (Å²) in [5.41, 5.74) is 1.49. The van der Waals surface area contributed by atoms with Gasteiger partial charge in [0.25, 0.3) is 5.91 Å². The number of amides is 1. The Morgan fingerprint density at radius 1 is 1.33 bits per heavy atom. The smallest absolute Gasteiger partial charge is 0.253 e. The van der Waals surface area contributed by atoms with E-state index in [2.05, 4.69) is 13.8 Å². The van der Waals surface area contributed by atoms with Crippen LogP contribution in [-0.4, -0.2) is 70.9 Å². The molecule has 1 aromatic carbocycles. The van der Waals surface area contributed by atoms with Crippen molar-refractivity contribution < 1.29 is 15.0 Å². The Balaban J connectivity index is 2.11. The molecule has 1 aliphatic rings. The highest BCUT2D eigenvalue weighted by molar-refractivity contribution is 6.31. The van der Waals surface area contributed by atoms with Crippen molar-refractivity contribution in [3.05, 3.63) is 34.3 Å². The van der Waals surface area contributed by atoms with Gasteiger partial charge < -0.3 is 15.1 Å². The first-order chi connectivity index (χ1) is 11.2. The lowest BCUT2D eigenvalue weighted by atomic mass is 10.0. The summed E-state index contributed by atoms with van der Waals surface area (Å²) < 4.78 is 0. The lowest BCUT2D eigenvalue weighted by Crippen LogP contribution is -2.47. The van der Waals surface area contributed by atoms with E-state index < -0.39 is 12.2 Å². The third kappa shape index (κ3) is 4.28. The van der Waals surface area contributed by atoms with E-state index in [0.29, 0.717) is 30.2 Å². The van der Waals surface area contributed by atoms with Crippen LogP contribution in [0, 0.1) is 12.8 Å². The molecule has 3 unspecified atom stereocenters. The minimum atomic E-state index is -0.710. The molecule has 1 heterocycles. The van der Waals surface area contributed by atoms with Crippen molar-refractivity contribution in [3.8, 4) is 0 Å². The maximum atomic E-state index is 12.8. The summed E-state index contributed by atoms with van der Waals surface area (Å²) >= 11 is 6.04. The molecule has 5 nitrogen and oxygen atoms in total. The molecule has 2 N–H and O–H groups in total. The van der Waals surface area contributed by atoms with Gasteiger partial charge in [-0.2, -0.15) is 0 Å². The lowest BCUT2D eigenvalue weighted by molar-refractivity contribution is 0.0572. The van der Waals surface area contributed by atoms with Crippen molar-refractivity contribution in [3.63, 3.8) is 0 Å². The van der Waals surface area contributed by atoms with E-state index in [9.17, 15) is 15.0 Å². The zero-order valence-electron chi connectivity index (χ0n) is 14.7. The molecule has 134 valence electrons. The van der Waals surface area contributed by atoms with Crippen molar-refractivity contribution in [2.75, 3.05) is 26.7 Å². The minimum absolute atomic E-state index is 0.00835. The predicted molar refractivity (Wildman–Crippen MR) is 95.4 cm³/mol. The Kier molecular flexibility index (Phi) is 6.26. The summed E-state index contributed by atoms with van der Waals surface area (Å²) in [6.07, 6.45) is -1.42. The molecule has 1 amide bonds. The molecule has 1 saturated heterocycles. The monoisotopic (exact) mass is 354 g/mol. The van der Waals surface area contributed by atoms with Crippen LogP contribution in [0.25, 0.3) is 0 Å². The van der Waals surface area contributed by atoms with Gasteiger partial charge >= 0.3 is 0 Å². The van der Waals surface area contributed by atoms with Crippen molar-refractivity contribution in [1.29, 1.82) is 0 Å². The van der Waals surface area contributed by atoms with Crippen molar-refractivity contribution in [2.24, 2.45) is 5.92 Å². The first kappa shape index (κ1) is 19.2. The van der Waals surface area contributed by atoms with Crippen LogP contribution in [0.1, 0.15) is 29.8 Å². The van der Waals surface area contributed by atoms with Gasteiger partial charge in [-0.3, -0.25) is 9.69 Å². The molecule has 0 saturated carbocycles. The molecule has 0 aliphatic carbocycles. The number of rotatable bonds is 5. The van der Waals surface area contributed by atoms with Crippen LogP contribution < -0.4 is 0 Å². The SMILES string of the molecule is Cc1cc(C(=O)N(C)C(CN2CC(O)C(O)C2)C(C)C)ccc1Cl. The summed E-state index contributed by atoms with van der Waals surface area (Å²) in [7, 11) is 1.81. The van der Waals surface area contributed by atoms with Gasteiger partial charge in [0.05, 0.1) is 12.2 Å². The summed E-state index contributed by atoms with van der Waals surface area (Å²) in [5, 5.41) is 20.1. The van der Waals surface area contributed by atoms with Crippen LogP contribution in [0.15, 0.2) is 18.2 Å². The second-order valence-corrected chi connectivity index (χ2v) is 7.45. The van der Waals surface area contributed by atoms with Gasteiger partial charge in [-0.1, -0.05) is 25.4 Å². The number of halogens is 1. The molecular formula is C18H27ClN2O3. The van der Waals surface area contributed by atoms with E-state index in [-0.39, 0.29) is 17.9 Å². The molecule has 3 atom stereocenters. The number of aliphatic hydroxyl groups excluding tert-OH is 2. The maximum absolute atomic E-state index is 12.8. The van der Waals surface area contributed by atoms with Crippen LogP contribution in [0.2, 0.25) is 5.02 Å². The zero-order chi connectivity index (χ0) is 18.0. The van der Waals surface area contributed by atoms with Gasteiger partial charge in [-0.15, -0.1) is 0 Å². The van der Waals surface area contributed by atoms with Gasteiger partial charge in [-0.25, -0.2) is 0 Å². The van der Waals surface area contributed by atoms with Gasteiger partial charge in [0.1, 0.15) is 0 Å². The number of aliphatic hydroxyl groups is 2. The molecule has 1 fully saturated rings. The number of likely N-dealkylation sites (N-methyl/N-ethyl adjacent to an activating group) is 1. The Hall–Kier alpha value is -1.14. The highest BCUT2D eigenvalue weighted by atomic mass is 35.5. The Morgan fingerprint density at radius 2 is 1.92 bits per heavy atom. The van der Waals surface area contributed by atoms with Crippen LogP contribution in [0.4, 0.5) is 0 Å². The standard InChI is InChI=1S/C18H27ClN2O3/c1-11(2)15(8-21-9-16(22)17(23)10-21)20(4)18(24)13-5-6-14(19)12(3)7-13/h5-7,11,15-17,22-23H,8-10H2,1-4H3. The van der Waals surface area contributed by atoms with E-state index in [1.807, 2.05) is 17.9 Å². The van der Waals surface area contributed by atoms with Crippen molar-refractivity contribution in [1.82, 2.24) is 9.80 Å². The molecule has 0 aromatic heterocycles. The zero-order valence-corrected chi connectivity index (χ0v) is 15.5. The fraction of sp³-hybridized carbons (Fsp3) is 0.611. The number of benzene rings is 1. The number of hydrogen-bond acceptors (Lipinski definition) is 4. The van der Waals surface area contributed by atoms with Crippen molar-refractivity contribution >= 4 is 17.5 Å². The third-order valence-corrected chi connectivity index (χ3v) is 5.20. The van der Waals surface area contributed by atoms with E-state index in [0.717, 1.165) is 5.56 Å². The molecule has 0 spiro atoms. The minimum Gasteiger partial charge on any atom is -0.389 e. The molecular weight excluding hydrogens is 328 g/mol. The second-order valence-electron chi connectivity index (χ2n) is 7.04. The van der Waals surface area contributed by atoms with Gasteiger partial charge in [-0.05, 0) is 36.6 Å². The summed E-state index contributed by atoms with van der Waals surface area (Å²) in [6, 6.07) is 5.29. The number of carbonyl (C=O) groups is 1. The number of nitrogens with zero attached hydrogens (tertiary/aromatic N) is 2. The van der Waals surface area contributed by atoms with Gasteiger partial charge in [0.15, 0.2) is 0 Å². The average Bonchev–Trinajstić information content (AvgIpc) is 2.84. The highest BCUT2D eigenvalue weighted by Crippen LogP contribution is 2.21. The number of aryl methyl sites for hydroxylation is 1. The predicted octanol–water partition coefficient (Wildman–Crippen LogP) is 1.78. The van der Waals surface area contributed by atoms with E-state index in [4.69, 9.17) is 11.6 Å². The normalized spacial score (nSPS) is 22.8. The van der Waals surface area contributed by atoms with Crippen LogP contribution >= 0.6 is 11.6 Å². The molecule has 2 rings (SSSR count). The maximum Gasteiger partial charge on any atom is 0.253 e. The largest absolute Gasteiger partial charge is 0.389 e. The topological polar surface area (TPSA) is 64.0 Å².